The van der Waals surface area contributed by atoms with Crippen molar-refractivity contribution in [2.24, 2.45) is 5.92 Å². The second-order valence-corrected chi connectivity index (χ2v) is 7.11. The number of amides is 1. The molecule has 5 nitrogen and oxygen atoms in total. The summed E-state index contributed by atoms with van der Waals surface area (Å²) in [6.45, 7) is 9.96. The van der Waals surface area contributed by atoms with Gasteiger partial charge in [0.1, 0.15) is 0 Å². The van der Waals surface area contributed by atoms with Crippen molar-refractivity contribution in [2.75, 3.05) is 46.4 Å². The van der Waals surface area contributed by atoms with Crippen molar-refractivity contribution in [1.29, 1.82) is 0 Å². The highest BCUT2D eigenvalue weighted by molar-refractivity contribution is 5.78. The first kappa shape index (κ1) is 18.9. The average molecular weight is 333 g/mol. The summed E-state index contributed by atoms with van der Waals surface area (Å²) in [6, 6.07) is 10.2. The van der Waals surface area contributed by atoms with Gasteiger partial charge in [0, 0.05) is 32.7 Å². The highest BCUT2D eigenvalue weighted by Gasteiger charge is 2.21. The Balaban J connectivity index is 1.67. The number of carbonyl (C=O) groups is 1. The minimum Gasteiger partial charge on any atom is -0.374 e. The SMILES string of the molecule is CC(C)CN1CCOC(CNC(=O)CN(C)Cc2ccccc2)C1. The lowest BCUT2D eigenvalue weighted by Crippen LogP contribution is -2.49. The van der Waals surface area contributed by atoms with Crippen molar-refractivity contribution in [3.05, 3.63) is 35.9 Å². The van der Waals surface area contributed by atoms with Gasteiger partial charge < -0.3 is 10.1 Å². The molecule has 0 spiro atoms. The second kappa shape index (κ2) is 9.77. The molecule has 0 saturated carbocycles. The number of benzene rings is 1. The lowest BCUT2D eigenvalue weighted by atomic mass is 10.2. The molecule has 1 aliphatic rings. The van der Waals surface area contributed by atoms with Crippen LogP contribution in [0.15, 0.2) is 30.3 Å². The molecular weight excluding hydrogens is 302 g/mol. The van der Waals surface area contributed by atoms with E-state index in [1.807, 2.05) is 30.1 Å². The average Bonchev–Trinajstić information content (AvgIpc) is 2.53. The van der Waals surface area contributed by atoms with Gasteiger partial charge in [-0.2, -0.15) is 0 Å². The third-order valence-corrected chi connectivity index (χ3v) is 4.08. The zero-order chi connectivity index (χ0) is 17.4. The van der Waals surface area contributed by atoms with Gasteiger partial charge in [0.2, 0.25) is 5.91 Å². The highest BCUT2D eigenvalue weighted by atomic mass is 16.5. The Kier molecular flexibility index (Phi) is 7.69. The van der Waals surface area contributed by atoms with Gasteiger partial charge in [0.15, 0.2) is 0 Å². The smallest absolute Gasteiger partial charge is 0.234 e. The summed E-state index contributed by atoms with van der Waals surface area (Å²) < 4.78 is 5.77. The molecule has 1 aliphatic heterocycles. The number of morpholine rings is 1. The van der Waals surface area contributed by atoms with E-state index in [1.54, 1.807) is 0 Å². The maximum atomic E-state index is 12.1. The molecular formula is C19H31N3O2. The van der Waals surface area contributed by atoms with E-state index in [9.17, 15) is 4.79 Å². The molecule has 1 unspecified atom stereocenters. The fraction of sp³-hybridized carbons (Fsp3) is 0.632. The lowest BCUT2D eigenvalue weighted by Gasteiger charge is -2.34. The van der Waals surface area contributed by atoms with Gasteiger partial charge in [0.25, 0.3) is 0 Å². The van der Waals surface area contributed by atoms with Gasteiger partial charge in [-0.3, -0.25) is 14.6 Å². The third-order valence-electron chi connectivity index (χ3n) is 4.08. The van der Waals surface area contributed by atoms with Crippen LogP contribution in [0, 0.1) is 5.92 Å². The molecule has 1 aromatic rings. The molecule has 2 rings (SSSR count). The number of hydrogen-bond donors (Lipinski definition) is 1. The number of rotatable bonds is 8. The van der Waals surface area contributed by atoms with Crippen LogP contribution in [0.2, 0.25) is 0 Å². The fourth-order valence-electron chi connectivity index (χ4n) is 3.07. The van der Waals surface area contributed by atoms with Crippen LogP contribution in [-0.4, -0.2) is 68.2 Å². The number of nitrogens with one attached hydrogen (secondary N) is 1. The van der Waals surface area contributed by atoms with E-state index in [-0.39, 0.29) is 12.0 Å². The summed E-state index contributed by atoms with van der Waals surface area (Å²) in [5, 5.41) is 3.01. The Bertz CT molecular complexity index is 493. The van der Waals surface area contributed by atoms with Crippen molar-refractivity contribution in [2.45, 2.75) is 26.5 Å². The van der Waals surface area contributed by atoms with Crippen LogP contribution < -0.4 is 5.32 Å². The standard InChI is InChI=1S/C19H31N3O2/c1-16(2)12-22-9-10-24-18(14-22)11-20-19(23)15-21(3)13-17-7-5-4-6-8-17/h4-8,16,18H,9-15H2,1-3H3,(H,20,23). The predicted octanol–water partition coefficient (Wildman–Crippen LogP) is 1.59. The Hall–Kier alpha value is -1.43. The molecule has 1 fully saturated rings. The molecule has 1 amide bonds. The van der Waals surface area contributed by atoms with Crippen LogP contribution in [0.3, 0.4) is 0 Å². The Morgan fingerprint density at radius 3 is 2.83 bits per heavy atom. The van der Waals surface area contributed by atoms with E-state index in [0.29, 0.717) is 19.0 Å². The monoisotopic (exact) mass is 333 g/mol. The molecule has 0 radical (unpaired) electrons. The van der Waals surface area contributed by atoms with Gasteiger partial charge in [-0.1, -0.05) is 44.2 Å². The zero-order valence-electron chi connectivity index (χ0n) is 15.2. The summed E-state index contributed by atoms with van der Waals surface area (Å²) >= 11 is 0. The highest BCUT2D eigenvalue weighted by Crippen LogP contribution is 2.07. The predicted molar refractivity (Wildman–Crippen MR) is 96.8 cm³/mol. The summed E-state index contributed by atoms with van der Waals surface area (Å²) in [4.78, 5) is 16.6. The van der Waals surface area contributed by atoms with Crippen LogP contribution in [0.25, 0.3) is 0 Å². The number of hydrogen-bond acceptors (Lipinski definition) is 4. The first-order chi connectivity index (χ1) is 11.5. The molecule has 1 N–H and O–H groups in total. The molecule has 0 bridgehead atoms. The Morgan fingerprint density at radius 1 is 1.38 bits per heavy atom. The lowest BCUT2D eigenvalue weighted by molar-refractivity contribution is -0.123. The Morgan fingerprint density at radius 2 is 2.12 bits per heavy atom. The molecule has 1 saturated heterocycles. The van der Waals surface area contributed by atoms with Crippen LogP contribution in [0.5, 0.6) is 0 Å². The summed E-state index contributed by atoms with van der Waals surface area (Å²) in [7, 11) is 1.97. The molecule has 134 valence electrons. The third kappa shape index (κ3) is 6.99. The van der Waals surface area contributed by atoms with Crippen LogP contribution in [0.1, 0.15) is 19.4 Å². The van der Waals surface area contributed by atoms with Crippen molar-refractivity contribution in [3.63, 3.8) is 0 Å². The number of nitrogens with zero attached hydrogens (tertiary/aromatic N) is 2. The number of ether oxygens (including phenoxy) is 1. The normalized spacial score (nSPS) is 19.0. The molecule has 5 heteroatoms. The molecule has 1 heterocycles. The summed E-state index contributed by atoms with van der Waals surface area (Å²) in [5.74, 6) is 0.711. The molecule has 24 heavy (non-hydrogen) atoms. The molecule has 1 aromatic carbocycles. The van der Waals surface area contributed by atoms with Gasteiger partial charge in [-0.05, 0) is 18.5 Å². The topological polar surface area (TPSA) is 44.8 Å². The van der Waals surface area contributed by atoms with E-state index in [2.05, 4.69) is 36.2 Å². The van der Waals surface area contributed by atoms with Gasteiger partial charge in [0.05, 0.1) is 19.3 Å². The van der Waals surface area contributed by atoms with E-state index in [1.165, 1.54) is 5.56 Å². The van der Waals surface area contributed by atoms with Gasteiger partial charge in [-0.25, -0.2) is 0 Å². The Labute approximate surface area is 146 Å². The zero-order valence-corrected chi connectivity index (χ0v) is 15.2. The number of carbonyl (C=O) groups excluding carboxylic acids is 1. The molecule has 0 aromatic heterocycles. The van der Waals surface area contributed by atoms with E-state index in [0.717, 1.165) is 32.8 Å². The van der Waals surface area contributed by atoms with Crippen LogP contribution in [0.4, 0.5) is 0 Å². The first-order valence-corrected chi connectivity index (χ1v) is 8.86. The van der Waals surface area contributed by atoms with Gasteiger partial charge >= 0.3 is 0 Å². The van der Waals surface area contributed by atoms with Crippen LogP contribution >= 0.6 is 0 Å². The molecule has 0 aliphatic carbocycles. The minimum absolute atomic E-state index is 0.0537. The molecule has 1 atom stereocenters. The maximum Gasteiger partial charge on any atom is 0.234 e. The van der Waals surface area contributed by atoms with Crippen molar-refractivity contribution in [1.82, 2.24) is 15.1 Å². The first-order valence-electron chi connectivity index (χ1n) is 8.86. The van der Waals surface area contributed by atoms with Crippen molar-refractivity contribution in [3.8, 4) is 0 Å². The number of likely N-dealkylation sites (N-methyl/N-ethyl adjacent to an activating group) is 1. The van der Waals surface area contributed by atoms with E-state index < -0.39 is 0 Å². The summed E-state index contributed by atoms with van der Waals surface area (Å²) in [6.07, 6.45) is 0.0980. The maximum absolute atomic E-state index is 12.1. The fourth-order valence-corrected chi connectivity index (χ4v) is 3.07. The summed E-state index contributed by atoms with van der Waals surface area (Å²) in [5.41, 5.74) is 1.22. The second-order valence-electron chi connectivity index (χ2n) is 7.11. The minimum atomic E-state index is 0.0537. The van der Waals surface area contributed by atoms with E-state index >= 15 is 0 Å². The van der Waals surface area contributed by atoms with E-state index in [4.69, 9.17) is 4.74 Å². The van der Waals surface area contributed by atoms with Gasteiger partial charge in [-0.15, -0.1) is 0 Å². The van der Waals surface area contributed by atoms with Crippen LogP contribution in [-0.2, 0) is 16.1 Å². The van der Waals surface area contributed by atoms with Crippen molar-refractivity contribution >= 4 is 5.91 Å². The quantitative estimate of drug-likeness (QED) is 0.785. The largest absolute Gasteiger partial charge is 0.374 e. The van der Waals surface area contributed by atoms with Crippen molar-refractivity contribution < 1.29 is 9.53 Å².